The summed E-state index contributed by atoms with van der Waals surface area (Å²) in [5.41, 5.74) is 1.27. The fourth-order valence-corrected chi connectivity index (χ4v) is 3.27. The molecule has 2 N–H and O–H groups in total. The largest absolute Gasteiger partial charge is 0.465 e. The lowest BCUT2D eigenvalue weighted by atomic mass is 10.0. The number of aromatic amines is 1. The molecule has 0 radical (unpaired) electrons. The molecular weight excluding hydrogens is 374 g/mol. The molecule has 0 spiro atoms. The van der Waals surface area contributed by atoms with Crippen LogP contribution in [0, 0.1) is 11.3 Å². The van der Waals surface area contributed by atoms with Crippen molar-refractivity contribution in [2.45, 2.75) is 31.3 Å². The second-order valence-corrected chi connectivity index (χ2v) is 7.01. The Kier molecular flexibility index (Phi) is 7.49. The minimum atomic E-state index is -0.00778. The first-order valence-corrected chi connectivity index (χ1v) is 9.57. The molecule has 1 aliphatic carbocycles. The molecule has 10 heteroatoms. The molecule has 4 rings (SSSR count). The van der Waals surface area contributed by atoms with Gasteiger partial charge < -0.3 is 19.7 Å². The van der Waals surface area contributed by atoms with Crippen molar-refractivity contribution in [2.24, 2.45) is 0 Å². The van der Waals surface area contributed by atoms with E-state index in [1.54, 1.807) is 0 Å². The minimum absolute atomic E-state index is 0.00778. The monoisotopic (exact) mass is 399 g/mol. The molecule has 0 amide bonds. The third-order valence-corrected chi connectivity index (χ3v) is 4.93. The van der Waals surface area contributed by atoms with E-state index in [0.29, 0.717) is 24.0 Å². The molecule has 2 aromatic heterocycles. The molecule has 0 bridgehead atoms. The van der Waals surface area contributed by atoms with Crippen LogP contribution < -0.4 is 5.32 Å². The van der Waals surface area contributed by atoms with Crippen LogP contribution in [0.4, 0.5) is 11.6 Å². The Balaban J connectivity index is 0.000000290. The highest BCUT2D eigenvalue weighted by Gasteiger charge is 2.28. The van der Waals surface area contributed by atoms with Crippen LogP contribution in [0.3, 0.4) is 0 Å². The number of hydrogen-bond donors (Lipinski definition) is 2. The van der Waals surface area contributed by atoms with Gasteiger partial charge in [-0.2, -0.15) is 10.4 Å². The second kappa shape index (κ2) is 10.5. The molecule has 2 unspecified atom stereocenters. The van der Waals surface area contributed by atoms with Crippen molar-refractivity contribution in [3.63, 3.8) is 0 Å². The highest BCUT2D eigenvalue weighted by Crippen LogP contribution is 2.35. The van der Waals surface area contributed by atoms with Crippen LogP contribution in [0.5, 0.6) is 0 Å². The molecule has 2 aliphatic rings. The molecule has 2 aromatic rings. The van der Waals surface area contributed by atoms with Crippen molar-refractivity contribution < 1.29 is 14.3 Å². The van der Waals surface area contributed by atoms with E-state index in [1.165, 1.54) is 12.4 Å². The average Bonchev–Trinajstić information content (AvgIpc) is 3.40. The SMILES string of the molecule is CN1CCOCC1.N#Cc1cnc(Nc2cc(C3CCC(OC=O)C3)[nH]n2)cn1. The summed E-state index contributed by atoms with van der Waals surface area (Å²) in [5, 5.41) is 18.9. The van der Waals surface area contributed by atoms with Crippen LogP contribution in [0.2, 0.25) is 0 Å². The van der Waals surface area contributed by atoms with Crippen molar-refractivity contribution in [3.05, 3.63) is 29.8 Å². The summed E-state index contributed by atoms with van der Waals surface area (Å²) in [7, 11) is 2.11. The van der Waals surface area contributed by atoms with Gasteiger partial charge in [-0.25, -0.2) is 9.97 Å². The van der Waals surface area contributed by atoms with Crippen molar-refractivity contribution in [1.29, 1.82) is 5.26 Å². The van der Waals surface area contributed by atoms with Gasteiger partial charge in [-0.3, -0.25) is 9.89 Å². The third-order valence-electron chi connectivity index (χ3n) is 4.93. The van der Waals surface area contributed by atoms with Gasteiger partial charge in [0.1, 0.15) is 18.0 Å². The Bertz CT molecular complexity index is 812. The average molecular weight is 399 g/mol. The highest BCUT2D eigenvalue weighted by molar-refractivity contribution is 5.51. The summed E-state index contributed by atoms with van der Waals surface area (Å²) in [6.45, 7) is 4.53. The third kappa shape index (κ3) is 6.23. The van der Waals surface area contributed by atoms with Gasteiger partial charge >= 0.3 is 0 Å². The van der Waals surface area contributed by atoms with Gasteiger partial charge in [0, 0.05) is 30.8 Å². The first-order chi connectivity index (χ1) is 14.2. The van der Waals surface area contributed by atoms with Crippen LogP contribution in [0.15, 0.2) is 18.5 Å². The van der Waals surface area contributed by atoms with E-state index in [2.05, 4.69) is 37.4 Å². The van der Waals surface area contributed by atoms with Crippen LogP contribution in [0.25, 0.3) is 0 Å². The zero-order valence-electron chi connectivity index (χ0n) is 16.4. The lowest BCUT2D eigenvalue weighted by Gasteiger charge is -2.21. The Morgan fingerprint density at radius 2 is 2.14 bits per heavy atom. The van der Waals surface area contributed by atoms with E-state index in [4.69, 9.17) is 14.7 Å². The number of morpholine rings is 1. The van der Waals surface area contributed by atoms with Crippen molar-refractivity contribution in [1.82, 2.24) is 25.1 Å². The molecule has 3 heterocycles. The fourth-order valence-electron chi connectivity index (χ4n) is 3.27. The molecule has 154 valence electrons. The Morgan fingerprint density at radius 3 is 2.76 bits per heavy atom. The molecular formula is C19H25N7O3. The number of carbonyl (C=O) groups excluding carboxylic acids is 1. The number of nitrogens with one attached hydrogen (secondary N) is 2. The van der Waals surface area contributed by atoms with Gasteiger partial charge in [0.15, 0.2) is 11.5 Å². The predicted octanol–water partition coefficient (Wildman–Crippen LogP) is 1.57. The standard InChI is InChI=1S/C14H14N6O2.C5H11NO/c15-5-10-6-17-14(7-16-10)18-13-4-12(19-20-13)9-1-2-11(3-9)22-8-21;1-6-2-4-7-5-3-6/h4,6-9,11H,1-3H2,(H2,17,18,19,20);2-5H2,1H3. The Hall–Kier alpha value is -3.03. The van der Waals surface area contributed by atoms with Gasteiger partial charge in [0.25, 0.3) is 6.47 Å². The number of anilines is 2. The number of carbonyl (C=O) groups is 1. The van der Waals surface area contributed by atoms with E-state index in [-0.39, 0.29) is 11.8 Å². The molecule has 2 atom stereocenters. The lowest BCUT2D eigenvalue weighted by Crippen LogP contribution is -2.32. The number of aromatic nitrogens is 4. The van der Waals surface area contributed by atoms with Gasteiger partial charge in [-0.15, -0.1) is 0 Å². The van der Waals surface area contributed by atoms with E-state index < -0.39 is 0 Å². The Labute approximate surface area is 169 Å². The van der Waals surface area contributed by atoms with E-state index in [1.807, 2.05) is 12.1 Å². The number of hydrogen-bond acceptors (Lipinski definition) is 9. The zero-order valence-corrected chi connectivity index (χ0v) is 16.4. The summed E-state index contributed by atoms with van der Waals surface area (Å²) in [4.78, 5) is 20.7. The van der Waals surface area contributed by atoms with Crippen molar-refractivity contribution >= 4 is 18.1 Å². The van der Waals surface area contributed by atoms with E-state index in [9.17, 15) is 4.79 Å². The predicted molar refractivity (Wildman–Crippen MR) is 104 cm³/mol. The zero-order chi connectivity index (χ0) is 20.5. The first-order valence-electron chi connectivity index (χ1n) is 9.57. The smallest absolute Gasteiger partial charge is 0.293 e. The number of likely N-dealkylation sites (N-methyl/N-ethyl adjacent to an activating group) is 1. The number of rotatable bonds is 5. The molecule has 0 aromatic carbocycles. The fraction of sp³-hybridized carbons (Fsp3) is 0.526. The lowest BCUT2D eigenvalue weighted by molar-refractivity contribution is -0.133. The van der Waals surface area contributed by atoms with Crippen LogP contribution in [-0.2, 0) is 14.3 Å². The first kappa shape index (κ1) is 20.7. The van der Waals surface area contributed by atoms with Crippen LogP contribution >= 0.6 is 0 Å². The molecule has 10 nitrogen and oxygen atoms in total. The maximum atomic E-state index is 10.4. The summed E-state index contributed by atoms with van der Waals surface area (Å²) in [6, 6.07) is 3.82. The van der Waals surface area contributed by atoms with Crippen LogP contribution in [-0.4, -0.2) is 71.0 Å². The number of nitriles is 1. The Morgan fingerprint density at radius 1 is 1.31 bits per heavy atom. The van der Waals surface area contributed by atoms with Gasteiger partial charge in [-0.05, 0) is 26.3 Å². The van der Waals surface area contributed by atoms with Crippen molar-refractivity contribution in [3.8, 4) is 6.07 Å². The van der Waals surface area contributed by atoms with E-state index >= 15 is 0 Å². The van der Waals surface area contributed by atoms with Gasteiger partial charge in [-0.1, -0.05) is 0 Å². The van der Waals surface area contributed by atoms with Crippen molar-refractivity contribution in [2.75, 3.05) is 38.7 Å². The maximum Gasteiger partial charge on any atom is 0.293 e. The van der Waals surface area contributed by atoms with E-state index in [0.717, 1.165) is 51.3 Å². The van der Waals surface area contributed by atoms with Crippen LogP contribution in [0.1, 0.15) is 36.6 Å². The molecule has 1 saturated carbocycles. The summed E-state index contributed by atoms with van der Waals surface area (Å²) in [6.07, 6.45) is 5.50. The van der Waals surface area contributed by atoms with Gasteiger partial charge in [0.2, 0.25) is 0 Å². The molecule has 1 aliphatic heterocycles. The quantitative estimate of drug-likeness (QED) is 0.720. The number of H-pyrrole nitrogens is 1. The molecule has 29 heavy (non-hydrogen) atoms. The van der Waals surface area contributed by atoms with Gasteiger partial charge in [0.05, 0.1) is 25.6 Å². The summed E-state index contributed by atoms with van der Waals surface area (Å²) in [5.74, 6) is 1.46. The maximum absolute atomic E-state index is 10.4. The molecule has 1 saturated heterocycles. The summed E-state index contributed by atoms with van der Waals surface area (Å²) >= 11 is 0. The highest BCUT2D eigenvalue weighted by atomic mass is 16.5. The number of ether oxygens (including phenoxy) is 2. The minimum Gasteiger partial charge on any atom is -0.465 e. The second-order valence-electron chi connectivity index (χ2n) is 7.01. The normalized spacial score (nSPS) is 21.5. The molecule has 2 fully saturated rings. The topological polar surface area (TPSA) is 129 Å². The summed E-state index contributed by atoms with van der Waals surface area (Å²) < 4.78 is 10.1. The number of nitrogens with zero attached hydrogens (tertiary/aromatic N) is 5.